The molecule has 0 saturated heterocycles. The second-order valence-electron chi connectivity index (χ2n) is 4.04. The zero-order valence-corrected chi connectivity index (χ0v) is 9.89. The van der Waals surface area contributed by atoms with Crippen LogP contribution in [0.1, 0.15) is 30.6 Å². The van der Waals surface area contributed by atoms with Gasteiger partial charge in [0.05, 0.1) is 0 Å². The summed E-state index contributed by atoms with van der Waals surface area (Å²) in [4.78, 5) is 13.9. The lowest BCUT2D eigenvalue weighted by atomic mass is 10.1. The van der Waals surface area contributed by atoms with Crippen molar-refractivity contribution in [3.05, 3.63) is 35.9 Å². The van der Waals surface area contributed by atoms with E-state index < -0.39 is 0 Å². The molecule has 0 spiro atoms. The Balaban J connectivity index is 2.75. The lowest BCUT2D eigenvalue weighted by molar-refractivity contribution is 0.0693. The predicted molar refractivity (Wildman–Crippen MR) is 64.3 cm³/mol. The number of carbonyl (C=O) groups excluding carboxylic acids is 1. The molecule has 16 heavy (non-hydrogen) atoms. The fourth-order valence-corrected chi connectivity index (χ4v) is 1.58. The third kappa shape index (κ3) is 3.35. The van der Waals surface area contributed by atoms with Crippen LogP contribution in [0.4, 0.5) is 0 Å². The van der Waals surface area contributed by atoms with E-state index in [4.69, 9.17) is 5.11 Å². The lowest BCUT2D eigenvalue weighted by Crippen LogP contribution is -2.38. The SMILES string of the molecule is CC(C)N(CCCO)C(=O)c1ccccc1. The largest absolute Gasteiger partial charge is 0.396 e. The molecule has 0 aliphatic heterocycles. The van der Waals surface area contributed by atoms with Gasteiger partial charge in [0.1, 0.15) is 0 Å². The molecule has 0 aromatic heterocycles. The first kappa shape index (κ1) is 12.7. The van der Waals surface area contributed by atoms with Crippen molar-refractivity contribution in [2.24, 2.45) is 0 Å². The zero-order valence-electron chi connectivity index (χ0n) is 9.89. The Bertz CT molecular complexity index is 322. The van der Waals surface area contributed by atoms with Crippen molar-refractivity contribution in [1.29, 1.82) is 0 Å². The van der Waals surface area contributed by atoms with E-state index in [1.54, 1.807) is 4.90 Å². The molecule has 0 aliphatic rings. The molecule has 0 saturated carbocycles. The first-order valence-electron chi connectivity index (χ1n) is 5.63. The summed E-state index contributed by atoms with van der Waals surface area (Å²) in [6.07, 6.45) is 0.622. The first-order chi connectivity index (χ1) is 7.66. The Labute approximate surface area is 96.7 Å². The third-order valence-electron chi connectivity index (χ3n) is 2.46. The summed E-state index contributed by atoms with van der Waals surface area (Å²) < 4.78 is 0. The highest BCUT2D eigenvalue weighted by Gasteiger charge is 2.17. The van der Waals surface area contributed by atoms with Crippen molar-refractivity contribution >= 4 is 5.91 Å². The van der Waals surface area contributed by atoms with Crippen molar-refractivity contribution in [3.8, 4) is 0 Å². The molecule has 1 amide bonds. The fourth-order valence-electron chi connectivity index (χ4n) is 1.58. The van der Waals surface area contributed by atoms with Crippen molar-refractivity contribution in [1.82, 2.24) is 4.90 Å². The van der Waals surface area contributed by atoms with Gasteiger partial charge < -0.3 is 10.0 Å². The van der Waals surface area contributed by atoms with Gasteiger partial charge in [0.2, 0.25) is 0 Å². The Hall–Kier alpha value is -1.35. The lowest BCUT2D eigenvalue weighted by Gasteiger charge is -2.26. The second-order valence-corrected chi connectivity index (χ2v) is 4.04. The van der Waals surface area contributed by atoms with Gasteiger partial charge in [-0.05, 0) is 32.4 Å². The molecule has 0 fully saturated rings. The van der Waals surface area contributed by atoms with Gasteiger partial charge in [-0.2, -0.15) is 0 Å². The average Bonchev–Trinajstić information content (AvgIpc) is 2.30. The normalized spacial score (nSPS) is 10.5. The number of benzene rings is 1. The Morgan fingerprint density at radius 3 is 2.44 bits per heavy atom. The summed E-state index contributed by atoms with van der Waals surface area (Å²) in [6, 6.07) is 9.40. The minimum atomic E-state index is 0.0315. The van der Waals surface area contributed by atoms with Crippen molar-refractivity contribution in [2.45, 2.75) is 26.3 Å². The van der Waals surface area contributed by atoms with Crippen LogP contribution >= 0.6 is 0 Å². The van der Waals surface area contributed by atoms with E-state index in [0.717, 1.165) is 0 Å². The van der Waals surface area contributed by atoms with Crippen LogP contribution in [0, 0.1) is 0 Å². The molecule has 0 atom stereocenters. The smallest absolute Gasteiger partial charge is 0.254 e. The van der Waals surface area contributed by atoms with E-state index in [0.29, 0.717) is 18.5 Å². The van der Waals surface area contributed by atoms with Crippen LogP contribution in [-0.4, -0.2) is 35.1 Å². The Kier molecular flexibility index (Phi) is 4.99. The molecule has 1 rings (SSSR count). The van der Waals surface area contributed by atoms with E-state index in [1.807, 2.05) is 44.2 Å². The number of hydrogen-bond donors (Lipinski definition) is 1. The minimum absolute atomic E-state index is 0.0315. The van der Waals surface area contributed by atoms with Crippen LogP contribution in [0.15, 0.2) is 30.3 Å². The van der Waals surface area contributed by atoms with Gasteiger partial charge in [0.25, 0.3) is 5.91 Å². The maximum atomic E-state index is 12.1. The van der Waals surface area contributed by atoms with Gasteiger partial charge in [0, 0.05) is 24.8 Å². The molecule has 0 radical (unpaired) electrons. The van der Waals surface area contributed by atoms with E-state index in [1.165, 1.54) is 0 Å². The summed E-state index contributed by atoms with van der Waals surface area (Å²) in [6.45, 7) is 4.68. The molecule has 0 aliphatic carbocycles. The van der Waals surface area contributed by atoms with E-state index in [9.17, 15) is 4.79 Å². The summed E-state index contributed by atoms with van der Waals surface area (Å²) in [7, 11) is 0. The monoisotopic (exact) mass is 221 g/mol. The van der Waals surface area contributed by atoms with Gasteiger partial charge >= 0.3 is 0 Å². The highest BCUT2D eigenvalue weighted by molar-refractivity contribution is 5.94. The number of aliphatic hydroxyl groups is 1. The topological polar surface area (TPSA) is 40.5 Å². The molecule has 0 unspecified atom stereocenters. The molecule has 1 aromatic carbocycles. The van der Waals surface area contributed by atoms with Crippen LogP contribution < -0.4 is 0 Å². The van der Waals surface area contributed by atoms with Crippen LogP contribution in [0.3, 0.4) is 0 Å². The standard InChI is InChI=1S/C13H19NO2/c1-11(2)14(9-6-10-15)13(16)12-7-4-3-5-8-12/h3-5,7-8,11,15H,6,9-10H2,1-2H3. The van der Waals surface area contributed by atoms with E-state index >= 15 is 0 Å². The number of nitrogens with zero attached hydrogens (tertiary/aromatic N) is 1. The second kappa shape index (κ2) is 6.28. The molecular formula is C13H19NO2. The number of rotatable bonds is 5. The Morgan fingerprint density at radius 2 is 1.94 bits per heavy atom. The van der Waals surface area contributed by atoms with Crippen molar-refractivity contribution in [2.75, 3.05) is 13.2 Å². The molecular weight excluding hydrogens is 202 g/mol. The zero-order chi connectivity index (χ0) is 12.0. The van der Waals surface area contributed by atoms with Gasteiger partial charge in [-0.1, -0.05) is 18.2 Å². The fraction of sp³-hybridized carbons (Fsp3) is 0.462. The van der Waals surface area contributed by atoms with Gasteiger partial charge in [-0.25, -0.2) is 0 Å². The molecule has 88 valence electrons. The van der Waals surface area contributed by atoms with Crippen LogP contribution in [0.5, 0.6) is 0 Å². The molecule has 1 N–H and O–H groups in total. The summed E-state index contributed by atoms with van der Waals surface area (Å²) >= 11 is 0. The number of aliphatic hydroxyl groups excluding tert-OH is 1. The van der Waals surface area contributed by atoms with Gasteiger partial charge in [-0.3, -0.25) is 4.79 Å². The molecule has 1 aromatic rings. The number of hydrogen-bond acceptors (Lipinski definition) is 2. The maximum Gasteiger partial charge on any atom is 0.254 e. The summed E-state index contributed by atoms with van der Waals surface area (Å²) in [5, 5.41) is 8.81. The van der Waals surface area contributed by atoms with E-state index in [2.05, 4.69) is 0 Å². The quantitative estimate of drug-likeness (QED) is 0.825. The maximum absolute atomic E-state index is 12.1. The van der Waals surface area contributed by atoms with Crippen LogP contribution in [-0.2, 0) is 0 Å². The molecule has 0 bridgehead atoms. The van der Waals surface area contributed by atoms with E-state index in [-0.39, 0.29) is 18.6 Å². The molecule has 3 nitrogen and oxygen atoms in total. The molecule has 0 heterocycles. The minimum Gasteiger partial charge on any atom is -0.396 e. The van der Waals surface area contributed by atoms with Crippen LogP contribution in [0.2, 0.25) is 0 Å². The van der Waals surface area contributed by atoms with Crippen molar-refractivity contribution in [3.63, 3.8) is 0 Å². The Morgan fingerprint density at radius 1 is 1.31 bits per heavy atom. The third-order valence-corrected chi connectivity index (χ3v) is 2.46. The summed E-state index contributed by atoms with van der Waals surface area (Å²) in [5.74, 6) is 0.0315. The van der Waals surface area contributed by atoms with Gasteiger partial charge in [-0.15, -0.1) is 0 Å². The number of amides is 1. The highest BCUT2D eigenvalue weighted by atomic mass is 16.3. The number of carbonyl (C=O) groups is 1. The average molecular weight is 221 g/mol. The highest BCUT2D eigenvalue weighted by Crippen LogP contribution is 2.08. The predicted octanol–water partition coefficient (Wildman–Crippen LogP) is 1.92. The van der Waals surface area contributed by atoms with Crippen molar-refractivity contribution < 1.29 is 9.90 Å². The van der Waals surface area contributed by atoms with Crippen LogP contribution in [0.25, 0.3) is 0 Å². The van der Waals surface area contributed by atoms with Gasteiger partial charge in [0.15, 0.2) is 0 Å². The molecule has 3 heteroatoms. The first-order valence-corrected chi connectivity index (χ1v) is 5.63. The summed E-state index contributed by atoms with van der Waals surface area (Å²) in [5.41, 5.74) is 0.703.